The number of benzene rings is 2. The Balaban J connectivity index is 2.55. The van der Waals surface area contributed by atoms with E-state index in [-0.39, 0.29) is 6.09 Å². The van der Waals surface area contributed by atoms with Gasteiger partial charge >= 0.3 is 6.09 Å². The van der Waals surface area contributed by atoms with Gasteiger partial charge in [0.05, 0.1) is 17.0 Å². The predicted octanol–water partition coefficient (Wildman–Crippen LogP) is 10.5. The predicted molar refractivity (Wildman–Crippen MR) is 173 cm³/mol. The molecule has 0 unspecified atom stereocenters. The van der Waals surface area contributed by atoms with Gasteiger partial charge in [0.1, 0.15) is 13.7 Å². The number of rotatable bonds is 8. The van der Waals surface area contributed by atoms with Crippen molar-refractivity contribution in [1.29, 1.82) is 0 Å². The summed E-state index contributed by atoms with van der Waals surface area (Å²) in [6.07, 6.45) is 2.56. The molecule has 0 spiro atoms. The molecule has 0 atom stereocenters. The fourth-order valence-corrected chi connectivity index (χ4v) is 11.4. The Hall–Kier alpha value is -3.03. The maximum Gasteiger partial charge on any atom is 0.419 e. The van der Waals surface area contributed by atoms with E-state index < -0.39 is 13.7 Å². The van der Waals surface area contributed by atoms with Gasteiger partial charge in [0.15, 0.2) is 0 Å². The van der Waals surface area contributed by atoms with E-state index in [0.717, 1.165) is 52.9 Å². The summed E-state index contributed by atoms with van der Waals surface area (Å²) in [5.41, 5.74) is 10.7. The largest absolute Gasteiger partial charge is 0.443 e. The molecule has 3 aromatic rings. The van der Waals surface area contributed by atoms with Crippen molar-refractivity contribution < 1.29 is 9.53 Å². The first-order valence-electron chi connectivity index (χ1n) is 15.0. The van der Waals surface area contributed by atoms with Gasteiger partial charge in [-0.25, -0.2) is 9.36 Å². The summed E-state index contributed by atoms with van der Waals surface area (Å²) >= 11 is 0. The van der Waals surface area contributed by atoms with Crippen LogP contribution < -0.4 is 0 Å². The number of hydrogen-bond donors (Lipinski definition) is 0. The second-order valence-corrected chi connectivity index (χ2v) is 18.4. The monoisotopic (exact) mass is 555 g/mol. The molecule has 3 nitrogen and oxygen atoms in total. The van der Waals surface area contributed by atoms with Crippen LogP contribution in [0, 0.1) is 11.5 Å². The highest BCUT2D eigenvalue weighted by Gasteiger charge is 2.42. The summed E-state index contributed by atoms with van der Waals surface area (Å²) in [5, 5.41) is 0. The summed E-state index contributed by atoms with van der Waals surface area (Å²) in [6.45, 7) is 22.1. The number of unbranched alkanes of at least 4 members (excludes halogenated alkanes) is 1. The van der Waals surface area contributed by atoms with Gasteiger partial charge in [0.2, 0.25) is 0 Å². The smallest absolute Gasteiger partial charge is 0.419 e. The Kier molecular flexibility index (Phi) is 10.3. The van der Waals surface area contributed by atoms with Crippen molar-refractivity contribution in [3.8, 4) is 34.0 Å². The van der Waals surface area contributed by atoms with E-state index in [1.165, 1.54) is 0 Å². The molecule has 0 saturated heterocycles. The van der Waals surface area contributed by atoms with Crippen LogP contribution >= 0.6 is 0 Å². The van der Waals surface area contributed by atoms with E-state index in [4.69, 9.17) is 4.74 Å². The molecule has 0 amide bonds. The summed E-state index contributed by atoms with van der Waals surface area (Å²) in [5.74, 6) is 3.81. The zero-order chi connectivity index (χ0) is 29.7. The maximum atomic E-state index is 14.1. The molecule has 0 N–H and O–H groups in total. The van der Waals surface area contributed by atoms with Crippen LogP contribution in [0.15, 0.2) is 60.7 Å². The molecule has 1 heterocycles. The lowest BCUT2D eigenvalue weighted by molar-refractivity contribution is 0.0542. The molecule has 0 saturated carbocycles. The maximum absolute atomic E-state index is 14.1. The fourth-order valence-electron chi connectivity index (χ4n) is 6.21. The minimum absolute atomic E-state index is 0.365. The summed E-state index contributed by atoms with van der Waals surface area (Å²) in [7, 11) is -2.03. The first-order valence-corrected chi connectivity index (χ1v) is 17.2. The van der Waals surface area contributed by atoms with Crippen LogP contribution in [-0.2, 0) is 11.2 Å². The second kappa shape index (κ2) is 13.1. The molecule has 214 valence electrons. The van der Waals surface area contributed by atoms with Crippen molar-refractivity contribution in [1.82, 2.24) is 4.57 Å². The molecule has 2 aromatic carbocycles. The van der Waals surface area contributed by atoms with Crippen molar-refractivity contribution in [2.75, 3.05) is 0 Å². The fraction of sp³-hybridized carbons (Fsp3) is 0.472. The zero-order valence-corrected chi connectivity index (χ0v) is 27.4. The molecule has 0 aliphatic carbocycles. The van der Waals surface area contributed by atoms with Gasteiger partial charge < -0.3 is 4.74 Å². The van der Waals surface area contributed by atoms with Gasteiger partial charge in [-0.2, -0.15) is 0 Å². The average molecular weight is 556 g/mol. The minimum Gasteiger partial charge on any atom is -0.443 e. The third-order valence-corrected chi connectivity index (χ3v) is 14.3. The normalized spacial score (nSPS) is 12.1. The first kappa shape index (κ1) is 31.5. The summed E-state index contributed by atoms with van der Waals surface area (Å²) in [6, 6.07) is 20.5. The average Bonchev–Trinajstić information content (AvgIpc) is 3.21. The third-order valence-electron chi connectivity index (χ3n) is 7.99. The molecular formula is C36H49NO2Si. The highest BCUT2D eigenvalue weighted by Crippen LogP contribution is 2.42. The topological polar surface area (TPSA) is 31.2 Å². The van der Waals surface area contributed by atoms with Gasteiger partial charge in [0.25, 0.3) is 0 Å². The molecule has 3 rings (SSSR count). The number of aromatic nitrogens is 1. The molecule has 0 radical (unpaired) electrons. The Morgan fingerprint density at radius 3 is 1.73 bits per heavy atom. The highest BCUT2D eigenvalue weighted by atomic mass is 28.3. The van der Waals surface area contributed by atoms with Gasteiger partial charge in [-0.1, -0.05) is 121 Å². The van der Waals surface area contributed by atoms with Gasteiger partial charge in [-0.3, -0.25) is 0 Å². The number of nitrogens with zero attached hydrogens (tertiary/aromatic N) is 1. The lowest BCUT2D eigenvalue weighted by Crippen LogP contribution is -2.43. The Bertz CT molecular complexity index is 1310. The molecule has 40 heavy (non-hydrogen) atoms. The van der Waals surface area contributed by atoms with Gasteiger partial charge in [-0.05, 0) is 61.4 Å². The van der Waals surface area contributed by atoms with Crippen molar-refractivity contribution in [2.45, 2.75) is 111 Å². The molecule has 1 aromatic heterocycles. The molecule has 0 bridgehead atoms. The van der Waals surface area contributed by atoms with Crippen LogP contribution in [0.2, 0.25) is 16.6 Å². The Labute approximate surface area is 244 Å². The number of hydrogen-bond acceptors (Lipinski definition) is 2. The van der Waals surface area contributed by atoms with E-state index in [9.17, 15) is 4.79 Å². The first-order chi connectivity index (χ1) is 18.8. The number of carbonyl (C=O) groups is 1. The molecular weight excluding hydrogens is 506 g/mol. The molecule has 0 aliphatic heterocycles. The van der Waals surface area contributed by atoms with E-state index in [1.54, 1.807) is 0 Å². The van der Waals surface area contributed by atoms with Crippen LogP contribution in [0.25, 0.3) is 22.5 Å². The van der Waals surface area contributed by atoms with Crippen LogP contribution in [0.1, 0.15) is 93.2 Å². The lowest BCUT2D eigenvalue weighted by atomic mass is 9.98. The quantitative estimate of drug-likeness (QED) is 0.204. The lowest BCUT2D eigenvalue weighted by Gasteiger charge is -2.38. The highest BCUT2D eigenvalue weighted by molar-refractivity contribution is 6.90. The van der Waals surface area contributed by atoms with E-state index in [1.807, 2.05) is 61.7 Å². The molecule has 0 fully saturated rings. The SMILES string of the molecule is CCCCc1c(C#C[Si](C(C)C)(C(C)C)C(C)C)c(-c2ccccc2)n(C(=O)OC(C)(C)C)c1-c1ccccc1. The van der Waals surface area contributed by atoms with Crippen molar-refractivity contribution >= 4 is 14.2 Å². The summed E-state index contributed by atoms with van der Waals surface area (Å²) < 4.78 is 7.88. The van der Waals surface area contributed by atoms with Crippen molar-refractivity contribution in [3.05, 3.63) is 71.8 Å². The van der Waals surface area contributed by atoms with E-state index >= 15 is 0 Å². The van der Waals surface area contributed by atoms with Crippen LogP contribution in [0.3, 0.4) is 0 Å². The van der Waals surface area contributed by atoms with Crippen LogP contribution in [-0.4, -0.2) is 24.3 Å². The van der Waals surface area contributed by atoms with Gasteiger partial charge in [-0.15, -0.1) is 5.54 Å². The number of carbonyl (C=O) groups excluding carboxylic acids is 1. The van der Waals surface area contributed by atoms with E-state index in [2.05, 4.69) is 84.2 Å². The molecule has 4 heteroatoms. The van der Waals surface area contributed by atoms with E-state index in [0.29, 0.717) is 16.6 Å². The second-order valence-electron chi connectivity index (χ2n) is 12.8. The van der Waals surface area contributed by atoms with Crippen LogP contribution in [0.5, 0.6) is 0 Å². The minimum atomic E-state index is -2.03. The third kappa shape index (κ3) is 6.64. The molecule has 0 aliphatic rings. The zero-order valence-electron chi connectivity index (χ0n) is 26.4. The van der Waals surface area contributed by atoms with Gasteiger partial charge in [0, 0.05) is 5.56 Å². The van der Waals surface area contributed by atoms with Crippen molar-refractivity contribution in [3.63, 3.8) is 0 Å². The standard InChI is InChI=1S/C36H49NO2Si/c1-11-12-23-31-32(24-25-40(26(2)3,27(4)5)28(6)7)34(30-21-17-14-18-22-30)37(35(38)39-36(8,9)10)33(31)29-19-15-13-16-20-29/h13-22,26-28H,11-12,23H2,1-10H3. The van der Waals surface area contributed by atoms with Crippen molar-refractivity contribution in [2.24, 2.45) is 0 Å². The van der Waals surface area contributed by atoms with Crippen LogP contribution in [0.4, 0.5) is 4.79 Å². The summed E-state index contributed by atoms with van der Waals surface area (Å²) in [4.78, 5) is 14.1. The Morgan fingerprint density at radius 1 is 0.825 bits per heavy atom. The Morgan fingerprint density at radius 2 is 1.30 bits per heavy atom. The number of ether oxygens (including phenoxy) is 1.